The summed E-state index contributed by atoms with van der Waals surface area (Å²) in [5, 5.41) is 0. The fraction of sp³-hybridized carbons (Fsp3) is 0.250. The van der Waals surface area contributed by atoms with Crippen molar-refractivity contribution in [3.63, 3.8) is 0 Å². The predicted octanol–water partition coefficient (Wildman–Crippen LogP) is -1.38. The van der Waals surface area contributed by atoms with E-state index in [0.717, 1.165) is 0 Å². The Morgan fingerprint density at radius 3 is 2.22 bits per heavy atom. The van der Waals surface area contributed by atoms with Crippen molar-refractivity contribution >= 4 is 35.5 Å². The van der Waals surface area contributed by atoms with Crippen molar-refractivity contribution in [3.05, 3.63) is 11.8 Å². The van der Waals surface area contributed by atoms with Gasteiger partial charge in [-0.1, -0.05) is 6.08 Å². The van der Waals surface area contributed by atoms with Crippen molar-refractivity contribution in [1.29, 1.82) is 0 Å². The van der Waals surface area contributed by atoms with Gasteiger partial charge in [0.15, 0.2) is 0 Å². The summed E-state index contributed by atoms with van der Waals surface area (Å²) in [4.78, 5) is 14.0. The van der Waals surface area contributed by atoms with Gasteiger partial charge in [-0.15, -0.1) is 0 Å². The summed E-state index contributed by atoms with van der Waals surface area (Å²) in [5.74, 6) is 3.78. The first-order valence-electron chi connectivity index (χ1n) is 2.05. The number of nitrogens with two attached hydrogens (primary N) is 2. The molecule has 0 radical (unpaired) electrons. The molecule has 0 amide bonds. The Kier molecular flexibility index (Phi) is 7.94. The molecule has 0 saturated carbocycles. The van der Waals surface area contributed by atoms with Crippen LogP contribution in [-0.2, 0) is 9.63 Å². The van der Waals surface area contributed by atoms with Gasteiger partial charge < -0.3 is 10.6 Å². The van der Waals surface area contributed by atoms with Crippen molar-refractivity contribution in [2.75, 3.05) is 0 Å². The van der Waals surface area contributed by atoms with E-state index in [0.29, 0.717) is 0 Å². The molecule has 0 aliphatic heterocycles. The van der Waals surface area contributed by atoms with E-state index in [1.54, 1.807) is 6.92 Å². The van der Waals surface area contributed by atoms with E-state index in [1.807, 2.05) is 0 Å². The van der Waals surface area contributed by atoms with Crippen LogP contribution in [0.5, 0.6) is 0 Å². The Hall–Kier alpha value is -0.0300. The van der Waals surface area contributed by atoms with Gasteiger partial charge in [-0.05, 0) is 6.92 Å². The molecule has 0 bridgehead atoms. The molecule has 0 aromatic carbocycles. The molecule has 4 N–H and O–H groups in total. The third-order valence-electron chi connectivity index (χ3n) is 0.654. The molecular formula is C4H9N2NaO2. The fourth-order valence-electron chi connectivity index (χ4n) is 0.186. The SMILES string of the molecule is CC=C(N)C(=O)ON.[NaH]. The maximum atomic E-state index is 10.2. The van der Waals surface area contributed by atoms with Gasteiger partial charge in [-0.25, -0.2) is 4.79 Å². The summed E-state index contributed by atoms with van der Waals surface area (Å²) < 4.78 is 0. The first-order valence-corrected chi connectivity index (χ1v) is 2.05. The second kappa shape index (κ2) is 6.10. The van der Waals surface area contributed by atoms with Crippen LogP contribution in [0.2, 0.25) is 0 Å². The average molecular weight is 140 g/mol. The normalized spacial score (nSPS) is 9.78. The second-order valence-electron chi connectivity index (χ2n) is 1.15. The maximum absolute atomic E-state index is 10.2. The first-order chi connectivity index (χ1) is 3.72. The molecule has 0 aliphatic carbocycles. The van der Waals surface area contributed by atoms with Crippen LogP contribution in [0.4, 0.5) is 0 Å². The van der Waals surface area contributed by atoms with Crippen molar-refractivity contribution in [1.82, 2.24) is 0 Å². The molecule has 0 atom stereocenters. The van der Waals surface area contributed by atoms with E-state index in [4.69, 9.17) is 5.73 Å². The molecular weight excluding hydrogens is 131 g/mol. The summed E-state index contributed by atoms with van der Waals surface area (Å²) in [7, 11) is 0. The van der Waals surface area contributed by atoms with Gasteiger partial charge in [0, 0.05) is 0 Å². The van der Waals surface area contributed by atoms with Crippen molar-refractivity contribution in [2.45, 2.75) is 6.92 Å². The number of carbonyl (C=O) groups excluding carboxylic acids is 1. The zero-order valence-corrected chi connectivity index (χ0v) is 4.55. The van der Waals surface area contributed by atoms with Crippen molar-refractivity contribution in [3.8, 4) is 0 Å². The molecule has 0 aromatic heterocycles. The Morgan fingerprint density at radius 2 is 2.11 bits per heavy atom. The number of hydrogen-bond donors (Lipinski definition) is 2. The Bertz CT molecular complexity index is 124. The molecule has 0 spiro atoms. The van der Waals surface area contributed by atoms with Gasteiger partial charge in [0.25, 0.3) is 0 Å². The molecule has 0 fully saturated rings. The fourth-order valence-corrected chi connectivity index (χ4v) is 0.186. The molecule has 0 heterocycles. The predicted molar refractivity (Wildman–Crippen MR) is 35.4 cm³/mol. The van der Waals surface area contributed by atoms with Crippen LogP contribution in [0.15, 0.2) is 11.8 Å². The van der Waals surface area contributed by atoms with Gasteiger partial charge in [-0.3, -0.25) is 0 Å². The second-order valence-corrected chi connectivity index (χ2v) is 1.15. The molecule has 0 rings (SSSR count). The van der Waals surface area contributed by atoms with Crippen LogP contribution in [0, 0.1) is 0 Å². The topological polar surface area (TPSA) is 78.3 Å². The average Bonchev–Trinajstić information content (AvgIpc) is 1.84. The van der Waals surface area contributed by atoms with E-state index >= 15 is 0 Å². The van der Waals surface area contributed by atoms with E-state index < -0.39 is 5.97 Å². The van der Waals surface area contributed by atoms with Gasteiger partial charge in [0.2, 0.25) is 0 Å². The van der Waals surface area contributed by atoms with Gasteiger partial charge in [0.05, 0.1) is 0 Å². The quantitative estimate of drug-likeness (QED) is 0.267. The van der Waals surface area contributed by atoms with E-state index in [1.165, 1.54) is 6.08 Å². The Labute approximate surface area is 75.5 Å². The molecule has 0 saturated heterocycles. The van der Waals surface area contributed by atoms with E-state index in [2.05, 4.69) is 10.7 Å². The molecule has 5 heteroatoms. The Morgan fingerprint density at radius 1 is 1.67 bits per heavy atom. The van der Waals surface area contributed by atoms with Crippen LogP contribution in [0.3, 0.4) is 0 Å². The van der Waals surface area contributed by atoms with E-state index in [-0.39, 0.29) is 35.3 Å². The van der Waals surface area contributed by atoms with Crippen molar-refractivity contribution < 1.29 is 9.63 Å². The standard InChI is InChI=1S/C4H8N2O2.Na.H/c1-2-3(5)4(7)8-6;;/h2H,5-6H2,1H3;;. The zero-order valence-electron chi connectivity index (χ0n) is 4.55. The monoisotopic (exact) mass is 140 g/mol. The number of allylic oxidation sites excluding steroid dienone is 1. The number of rotatable bonds is 1. The molecule has 9 heavy (non-hydrogen) atoms. The summed E-state index contributed by atoms with van der Waals surface area (Å²) in [5.41, 5.74) is 5.05. The first kappa shape index (κ1) is 11.7. The molecule has 0 unspecified atom stereocenters. The molecule has 0 aliphatic rings. The summed E-state index contributed by atoms with van der Waals surface area (Å²) in [6, 6.07) is 0. The van der Waals surface area contributed by atoms with Crippen LogP contribution in [0.25, 0.3) is 0 Å². The zero-order chi connectivity index (χ0) is 6.57. The van der Waals surface area contributed by atoms with Gasteiger partial charge >= 0.3 is 35.5 Å². The third kappa shape index (κ3) is 4.47. The third-order valence-corrected chi connectivity index (χ3v) is 0.654. The van der Waals surface area contributed by atoms with Crippen LogP contribution in [-0.4, -0.2) is 35.5 Å². The summed E-state index contributed by atoms with van der Waals surface area (Å²) in [6.07, 6.45) is 1.41. The van der Waals surface area contributed by atoms with Crippen LogP contribution < -0.4 is 11.6 Å². The summed E-state index contributed by atoms with van der Waals surface area (Å²) in [6.45, 7) is 1.62. The number of hydrogen-bond acceptors (Lipinski definition) is 4. The summed E-state index contributed by atoms with van der Waals surface area (Å²) >= 11 is 0. The molecule has 4 nitrogen and oxygen atoms in total. The number of carbonyl (C=O) groups is 1. The molecule has 48 valence electrons. The van der Waals surface area contributed by atoms with Crippen LogP contribution >= 0.6 is 0 Å². The minimum atomic E-state index is -0.701. The molecule has 0 aromatic rings. The van der Waals surface area contributed by atoms with Crippen molar-refractivity contribution in [2.24, 2.45) is 11.6 Å². The van der Waals surface area contributed by atoms with E-state index in [9.17, 15) is 4.79 Å². The minimum absolute atomic E-state index is 0. The van der Waals surface area contributed by atoms with Gasteiger partial charge in [0.1, 0.15) is 5.70 Å². The Balaban J connectivity index is 0. The van der Waals surface area contributed by atoms with Gasteiger partial charge in [-0.2, -0.15) is 5.90 Å². The van der Waals surface area contributed by atoms with Crippen LogP contribution in [0.1, 0.15) is 6.92 Å².